The Hall–Kier alpha value is -1.50. The molecule has 2 N–H and O–H groups in total. The monoisotopic (exact) mass is 305 g/mol. The van der Waals surface area contributed by atoms with Gasteiger partial charge >= 0.3 is 0 Å². The third-order valence-electron chi connectivity index (χ3n) is 3.33. The van der Waals surface area contributed by atoms with Crippen molar-refractivity contribution in [2.75, 3.05) is 13.6 Å². The zero-order valence-corrected chi connectivity index (χ0v) is 12.8. The maximum atomic E-state index is 11.7. The summed E-state index contributed by atoms with van der Waals surface area (Å²) in [4.78, 5) is 20.8. The highest BCUT2D eigenvalue weighted by molar-refractivity contribution is 7.16. The van der Waals surface area contributed by atoms with Gasteiger partial charge < -0.3 is 10.6 Å². The lowest BCUT2D eigenvalue weighted by atomic mass is 10.0. The smallest absolute Gasteiger partial charge is 0.252 e. The minimum absolute atomic E-state index is 0.370. The molecule has 4 nitrogen and oxygen atoms in total. The minimum Gasteiger partial charge on any atom is -0.365 e. The van der Waals surface area contributed by atoms with E-state index >= 15 is 0 Å². The molecule has 104 valence electrons. The summed E-state index contributed by atoms with van der Waals surface area (Å²) in [6.45, 7) is 1.83. The van der Waals surface area contributed by atoms with E-state index in [4.69, 9.17) is 5.73 Å². The lowest BCUT2D eigenvalue weighted by molar-refractivity contribution is 0.1000. The van der Waals surface area contributed by atoms with E-state index < -0.39 is 0 Å². The lowest BCUT2D eigenvalue weighted by Crippen LogP contribution is -2.26. The van der Waals surface area contributed by atoms with E-state index in [1.165, 1.54) is 4.88 Å². The van der Waals surface area contributed by atoms with Crippen molar-refractivity contribution in [1.29, 1.82) is 0 Å². The summed E-state index contributed by atoms with van der Waals surface area (Å²) in [5.41, 5.74) is 7.26. The molecule has 2 aromatic rings. The number of primary amides is 1. The third-order valence-corrected chi connectivity index (χ3v) is 5.26. The number of thiophene rings is 2. The zero-order chi connectivity index (χ0) is 14.1. The molecule has 0 saturated carbocycles. The highest BCUT2D eigenvalue weighted by Gasteiger charge is 2.25. The van der Waals surface area contributed by atoms with Gasteiger partial charge in [0.25, 0.3) is 5.91 Å². The summed E-state index contributed by atoms with van der Waals surface area (Å²) >= 11 is 3.20. The van der Waals surface area contributed by atoms with Crippen molar-refractivity contribution in [3.05, 3.63) is 38.4 Å². The molecule has 0 spiro atoms. The highest BCUT2D eigenvalue weighted by Crippen LogP contribution is 2.38. The standard InChI is InChI=1S/C14H15N3OS2/c1-17-5-4-10-11(8-17)20-14(12(10)13(15)18)16-7-9-3-2-6-19-9/h2-3,6-7H,4-5,8H2,1H3,(H2,15,18)/b16-7+. The van der Waals surface area contributed by atoms with Gasteiger partial charge in [-0.3, -0.25) is 4.79 Å². The summed E-state index contributed by atoms with van der Waals surface area (Å²) < 4.78 is 0. The predicted octanol–water partition coefficient (Wildman–Crippen LogP) is 2.65. The molecule has 0 radical (unpaired) electrons. The van der Waals surface area contributed by atoms with Crippen LogP contribution in [-0.2, 0) is 13.0 Å². The van der Waals surface area contributed by atoms with Crippen molar-refractivity contribution in [1.82, 2.24) is 4.90 Å². The Kier molecular flexibility index (Phi) is 3.69. The zero-order valence-electron chi connectivity index (χ0n) is 11.1. The summed E-state index contributed by atoms with van der Waals surface area (Å²) in [5, 5.41) is 2.75. The van der Waals surface area contributed by atoms with Crippen LogP contribution in [0.2, 0.25) is 0 Å². The fourth-order valence-electron chi connectivity index (χ4n) is 2.35. The molecule has 0 bridgehead atoms. The van der Waals surface area contributed by atoms with E-state index in [-0.39, 0.29) is 5.91 Å². The molecule has 0 aromatic carbocycles. The van der Waals surface area contributed by atoms with Gasteiger partial charge in [-0.1, -0.05) is 6.07 Å². The molecule has 6 heteroatoms. The van der Waals surface area contributed by atoms with Crippen LogP contribution in [-0.4, -0.2) is 30.6 Å². The molecule has 2 aromatic heterocycles. The molecule has 0 atom stereocenters. The maximum Gasteiger partial charge on any atom is 0.252 e. The van der Waals surface area contributed by atoms with Gasteiger partial charge in [0.1, 0.15) is 5.00 Å². The second-order valence-corrected chi connectivity index (χ2v) is 6.87. The Morgan fingerprint density at radius 3 is 3.10 bits per heavy atom. The number of carbonyl (C=O) groups is 1. The molecule has 0 aliphatic carbocycles. The van der Waals surface area contributed by atoms with Crippen LogP contribution < -0.4 is 5.73 Å². The largest absolute Gasteiger partial charge is 0.365 e. The van der Waals surface area contributed by atoms with Crippen LogP contribution in [0, 0.1) is 0 Å². The van der Waals surface area contributed by atoms with Crippen LogP contribution in [0.5, 0.6) is 0 Å². The molecule has 1 aliphatic rings. The number of likely N-dealkylation sites (N-methyl/N-ethyl adjacent to an activating group) is 1. The predicted molar refractivity (Wildman–Crippen MR) is 84.4 cm³/mol. The number of nitrogens with zero attached hydrogens (tertiary/aromatic N) is 2. The van der Waals surface area contributed by atoms with Crippen molar-refractivity contribution >= 4 is 39.8 Å². The SMILES string of the molecule is CN1CCc2c(sc(/N=C/c3cccs3)c2C(N)=O)C1. The molecule has 3 rings (SSSR count). The summed E-state index contributed by atoms with van der Waals surface area (Å²) in [7, 11) is 2.08. The summed E-state index contributed by atoms with van der Waals surface area (Å²) in [6, 6.07) is 3.98. The van der Waals surface area contributed by atoms with Crippen molar-refractivity contribution in [2.24, 2.45) is 10.7 Å². The second-order valence-electron chi connectivity index (χ2n) is 4.81. The number of carbonyl (C=O) groups excluding carboxylic acids is 1. The Morgan fingerprint density at radius 2 is 2.40 bits per heavy atom. The Labute approximate surface area is 125 Å². The topological polar surface area (TPSA) is 58.7 Å². The molecular weight excluding hydrogens is 290 g/mol. The van der Waals surface area contributed by atoms with E-state index in [1.807, 2.05) is 17.5 Å². The minimum atomic E-state index is -0.370. The summed E-state index contributed by atoms with van der Waals surface area (Å²) in [5.74, 6) is -0.370. The molecule has 1 amide bonds. The van der Waals surface area contributed by atoms with Crippen molar-refractivity contribution in [2.45, 2.75) is 13.0 Å². The van der Waals surface area contributed by atoms with Crippen LogP contribution in [0.25, 0.3) is 0 Å². The van der Waals surface area contributed by atoms with Crippen LogP contribution in [0.15, 0.2) is 22.5 Å². The van der Waals surface area contributed by atoms with Crippen molar-refractivity contribution < 1.29 is 4.79 Å². The first-order valence-corrected chi connectivity index (χ1v) is 8.05. The molecule has 3 heterocycles. The van der Waals surface area contributed by atoms with Crippen molar-refractivity contribution in [3.63, 3.8) is 0 Å². The molecule has 1 aliphatic heterocycles. The number of aliphatic imine (C=N–C) groups is 1. The van der Waals surface area contributed by atoms with E-state index in [1.54, 1.807) is 28.9 Å². The summed E-state index contributed by atoms with van der Waals surface area (Å²) in [6.07, 6.45) is 2.67. The Bertz CT molecular complexity index is 658. The first-order valence-electron chi connectivity index (χ1n) is 6.35. The van der Waals surface area contributed by atoms with Crippen molar-refractivity contribution in [3.8, 4) is 0 Å². The fourth-order valence-corrected chi connectivity index (χ4v) is 4.21. The molecule has 0 unspecified atom stereocenters. The number of rotatable bonds is 3. The fraction of sp³-hybridized carbons (Fsp3) is 0.286. The first kappa shape index (κ1) is 13.5. The molecule has 20 heavy (non-hydrogen) atoms. The molecule has 0 fully saturated rings. The normalized spacial score (nSPS) is 15.7. The number of nitrogens with two attached hydrogens (primary N) is 1. The lowest BCUT2D eigenvalue weighted by Gasteiger charge is -2.22. The molecule has 0 saturated heterocycles. The van der Waals surface area contributed by atoms with Gasteiger partial charge in [-0.2, -0.15) is 0 Å². The van der Waals surface area contributed by atoms with Crippen LogP contribution in [0.1, 0.15) is 25.7 Å². The number of amides is 1. The van der Waals surface area contributed by atoms with Crippen LogP contribution in [0.4, 0.5) is 5.00 Å². The van der Waals surface area contributed by atoms with Crippen LogP contribution >= 0.6 is 22.7 Å². The van der Waals surface area contributed by atoms with Gasteiger partial charge in [0, 0.05) is 29.1 Å². The quantitative estimate of drug-likeness (QED) is 0.886. The van der Waals surface area contributed by atoms with Gasteiger partial charge in [0.05, 0.1) is 5.56 Å². The van der Waals surface area contributed by atoms with Gasteiger partial charge in [0.2, 0.25) is 0 Å². The van der Waals surface area contributed by atoms with Gasteiger partial charge in [-0.15, -0.1) is 22.7 Å². The maximum absolute atomic E-state index is 11.7. The average molecular weight is 305 g/mol. The molecular formula is C14H15N3OS2. The van der Waals surface area contributed by atoms with E-state index in [9.17, 15) is 4.79 Å². The number of fused-ring (bicyclic) bond motifs is 1. The van der Waals surface area contributed by atoms with E-state index in [0.29, 0.717) is 5.56 Å². The Balaban J connectivity index is 2.00. The van der Waals surface area contributed by atoms with Crippen LogP contribution in [0.3, 0.4) is 0 Å². The first-order chi connectivity index (χ1) is 9.65. The Morgan fingerprint density at radius 1 is 1.55 bits per heavy atom. The van der Waals surface area contributed by atoms with Gasteiger partial charge in [-0.05, 0) is 30.5 Å². The van der Waals surface area contributed by atoms with E-state index in [2.05, 4.69) is 16.9 Å². The number of hydrogen-bond donors (Lipinski definition) is 1. The highest BCUT2D eigenvalue weighted by atomic mass is 32.1. The average Bonchev–Trinajstić information content (AvgIpc) is 3.02. The van der Waals surface area contributed by atoms with Gasteiger partial charge in [-0.25, -0.2) is 4.99 Å². The second kappa shape index (κ2) is 5.47. The van der Waals surface area contributed by atoms with E-state index in [0.717, 1.165) is 35.0 Å². The third kappa shape index (κ3) is 2.54. The van der Waals surface area contributed by atoms with Gasteiger partial charge in [0.15, 0.2) is 0 Å². The number of hydrogen-bond acceptors (Lipinski definition) is 5.